The molecule has 1 aliphatic rings. The van der Waals surface area contributed by atoms with E-state index in [1.165, 1.54) is 0 Å². The maximum atomic E-state index is 12.5. The van der Waals surface area contributed by atoms with Gasteiger partial charge in [0.25, 0.3) is 0 Å². The monoisotopic (exact) mass is 315 g/mol. The molecule has 22 heavy (non-hydrogen) atoms. The molecule has 1 aliphatic carbocycles. The van der Waals surface area contributed by atoms with Crippen molar-refractivity contribution in [3.05, 3.63) is 35.4 Å². The fourth-order valence-corrected chi connectivity index (χ4v) is 2.40. The molecule has 0 aromatic heterocycles. The minimum absolute atomic E-state index is 0.0714. The van der Waals surface area contributed by atoms with Crippen molar-refractivity contribution in [3.63, 3.8) is 0 Å². The standard InChI is InChI=1S/C15H16F3NO3/c1-14(8-2-3-9-14)22-19-12(13(20)21)10-4-6-11(7-5-10)15(16,17)18/h4-7H,2-3,8-9H2,1H3,(H,20,21)/b19-12-. The largest absolute Gasteiger partial charge is 0.476 e. The molecule has 0 unspecified atom stereocenters. The Balaban J connectivity index is 2.22. The third kappa shape index (κ3) is 3.78. The maximum Gasteiger partial charge on any atom is 0.416 e. The third-order valence-corrected chi connectivity index (χ3v) is 3.71. The van der Waals surface area contributed by atoms with Crippen molar-refractivity contribution in [2.24, 2.45) is 5.16 Å². The number of hydrogen-bond donors (Lipinski definition) is 1. The Morgan fingerprint density at radius 1 is 1.23 bits per heavy atom. The Labute approximate surface area is 125 Å². The van der Waals surface area contributed by atoms with Gasteiger partial charge in [-0.2, -0.15) is 13.2 Å². The molecule has 1 saturated carbocycles. The van der Waals surface area contributed by atoms with E-state index >= 15 is 0 Å². The van der Waals surface area contributed by atoms with E-state index < -0.39 is 29.0 Å². The molecule has 7 heteroatoms. The topological polar surface area (TPSA) is 58.9 Å². The first-order valence-electron chi connectivity index (χ1n) is 6.88. The van der Waals surface area contributed by atoms with Gasteiger partial charge in [-0.25, -0.2) is 4.79 Å². The van der Waals surface area contributed by atoms with Gasteiger partial charge >= 0.3 is 12.1 Å². The van der Waals surface area contributed by atoms with Gasteiger partial charge in [0.05, 0.1) is 5.56 Å². The summed E-state index contributed by atoms with van der Waals surface area (Å²) in [6.45, 7) is 1.84. The van der Waals surface area contributed by atoms with Gasteiger partial charge in [-0.05, 0) is 44.7 Å². The van der Waals surface area contributed by atoms with Crippen LogP contribution in [0.3, 0.4) is 0 Å². The highest BCUT2D eigenvalue weighted by atomic mass is 19.4. The number of hydrogen-bond acceptors (Lipinski definition) is 3. The van der Waals surface area contributed by atoms with E-state index in [0.717, 1.165) is 49.9 Å². The van der Waals surface area contributed by atoms with E-state index in [9.17, 15) is 23.1 Å². The predicted molar refractivity (Wildman–Crippen MR) is 73.6 cm³/mol. The first kappa shape index (κ1) is 16.3. The molecule has 0 spiro atoms. The van der Waals surface area contributed by atoms with Gasteiger partial charge in [0.1, 0.15) is 5.60 Å². The Hall–Kier alpha value is -2.05. The number of aliphatic carboxylic acids is 1. The molecule has 0 heterocycles. The Bertz CT molecular complexity index is 573. The first-order chi connectivity index (χ1) is 10.2. The Morgan fingerprint density at radius 3 is 2.23 bits per heavy atom. The molecule has 1 fully saturated rings. The summed E-state index contributed by atoms with van der Waals surface area (Å²) in [6.07, 6.45) is -0.955. The molecule has 2 rings (SSSR count). The molecule has 1 aromatic rings. The summed E-state index contributed by atoms with van der Waals surface area (Å²) in [7, 11) is 0. The number of nitrogens with zero attached hydrogens (tertiary/aromatic N) is 1. The second-order valence-corrected chi connectivity index (χ2v) is 5.57. The van der Waals surface area contributed by atoms with Gasteiger partial charge < -0.3 is 9.94 Å². The van der Waals surface area contributed by atoms with Gasteiger partial charge in [0.2, 0.25) is 0 Å². The number of oxime groups is 1. The van der Waals surface area contributed by atoms with Crippen LogP contribution in [0, 0.1) is 0 Å². The zero-order valence-electron chi connectivity index (χ0n) is 12.0. The lowest BCUT2D eigenvalue weighted by molar-refractivity contribution is -0.137. The van der Waals surface area contributed by atoms with Crippen LogP contribution in [0.4, 0.5) is 13.2 Å². The number of benzene rings is 1. The van der Waals surface area contributed by atoms with Gasteiger partial charge in [0.15, 0.2) is 5.71 Å². The summed E-state index contributed by atoms with van der Waals surface area (Å²) in [5, 5.41) is 12.9. The lowest BCUT2D eigenvalue weighted by atomic mass is 10.1. The molecule has 0 amide bonds. The van der Waals surface area contributed by atoms with E-state index in [1.807, 2.05) is 6.92 Å². The van der Waals surface area contributed by atoms with Crippen LogP contribution in [0.25, 0.3) is 0 Å². The van der Waals surface area contributed by atoms with Crippen molar-refractivity contribution in [3.8, 4) is 0 Å². The van der Waals surface area contributed by atoms with Crippen LogP contribution in [0.1, 0.15) is 43.7 Å². The summed E-state index contributed by atoms with van der Waals surface area (Å²) in [4.78, 5) is 16.6. The Kier molecular flexibility index (Phi) is 4.44. The smallest absolute Gasteiger partial charge is 0.416 e. The van der Waals surface area contributed by atoms with Crippen molar-refractivity contribution in [1.29, 1.82) is 0 Å². The van der Waals surface area contributed by atoms with Crippen LogP contribution >= 0.6 is 0 Å². The van der Waals surface area contributed by atoms with Crippen LogP contribution in [0.15, 0.2) is 29.4 Å². The van der Waals surface area contributed by atoms with Gasteiger partial charge in [-0.1, -0.05) is 17.3 Å². The molecular formula is C15H16F3NO3. The summed E-state index contributed by atoms with van der Waals surface area (Å²) >= 11 is 0. The molecule has 4 nitrogen and oxygen atoms in total. The van der Waals surface area contributed by atoms with E-state index in [-0.39, 0.29) is 5.56 Å². The zero-order valence-corrected chi connectivity index (χ0v) is 12.0. The van der Waals surface area contributed by atoms with E-state index in [2.05, 4.69) is 5.16 Å². The summed E-state index contributed by atoms with van der Waals surface area (Å²) in [5.41, 5.74) is -1.68. The van der Waals surface area contributed by atoms with E-state index in [4.69, 9.17) is 4.84 Å². The van der Waals surface area contributed by atoms with Crippen molar-refractivity contribution >= 4 is 11.7 Å². The summed E-state index contributed by atoms with van der Waals surface area (Å²) in [5.74, 6) is -1.35. The number of halogens is 3. The van der Waals surface area contributed by atoms with Crippen LogP contribution < -0.4 is 0 Å². The SMILES string of the molecule is CC1(O/N=C(\C(=O)O)c2ccc(C(F)(F)F)cc2)CCCC1. The molecule has 1 N–H and O–H groups in total. The van der Waals surface area contributed by atoms with Gasteiger partial charge in [-0.3, -0.25) is 0 Å². The quantitative estimate of drug-likeness (QED) is 0.678. The van der Waals surface area contributed by atoms with Crippen LogP contribution in [0.5, 0.6) is 0 Å². The third-order valence-electron chi connectivity index (χ3n) is 3.71. The second-order valence-electron chi connectivity index (χ2n) is 5.57. The number of carbonyl (C=O) groups is 1. The summed E-state index contributed by atoms with van der Waals surface area (Å²) < 4.78 is 37.5. The Morgan fingerprint density at radius 2 is 1.77 bits per heavy atom. The average Bonchev–Trinajstić information content (AvgIpc) is 2.85. The lowest BCUT2D eigenvalue weighted by Crippen LogP contribution is -2.24. The molecule has 0 saturated heterocycles. The molecule has 0 atom stereocenters. The first-order valence-corrected chi connectivity index (χ1v) is 6.88. The molecule has 0 aliphatic heterocycles. The number of carboxylic acid groups (broad SMARTS) is 1. The fraction of sp³-hybridized carbons (Fsp3) is 0.467. The number of carboxylic acids is 1. The second kappa shape index (κ2) is 5.98. The van der Waals surface area contributed by atoms with Gasteiger partial charge in [-0.15, -0.1) is 0 Å². The van der Waals surface area contributed by atoms with Gasteiger partial charge in [0, 0.05) is 5.56 Å². The normalized spacial score (nSPS) is 18.3. The van der Waals surface area contributed by atoms with Crippen molar-refractivity contribution in [2.45, 2.75) is 44.4 Å². The minimum Gasteiger partial charge on any atom is -0.476 e. The van der Waals surface area contributed by atoms with Crippen molar-refractivity contribution in [2.75, 3.05) is 0 Å². The lowest BCUT2D eigenvalue weighted by Gasteiger charge is -2.21. The highest BCUT2D eigenvalue weighted by Crippen LogP contribution is 2.33. The minimum atomic E-state index is -4.47. The van der Waals surface area contributed by atoms with E-state index in [1.54, 1.807) is 0 Å². The van der Waals surface area contributed by atoms with Crippen LogP contribution in [-0.4, -0.2) is 22.4 Å². The highest BCUT2D eigenvalue weighted by molar-refractivity contribution is 6.42. The maximum absolute atomic E-state index is 12.5. The molecule has 1 aromatic carbocycles. The predicted octanol–water partition coefficient (Wildman–Crippen LogP) is 3.84. The van der Waals surface area contributed by atoms with E-state index in [0.29, 0.717) is 0 Å². The average molecular weight is 315 g/mol. The van der Waals surface area contributed by atoms with Crippen LogP contribution in [0.2, 0.25) is 0 Å². The zero-order chi connectivity index (χ0) is 16.4. The van der Waals surface area contributed by atoms with Crippen molar-refractivity contribution in [1.82, 2.24) is 0 Å². The molecular weight excluding hydrogens is 299 g/mol. The molecule has 0 radical (unpaired) electrons. The highest BCUT2D eigenvalue weighted by Gasteiger charge is 2.32. The molecule has 0 bridgehead atoms. The van der Waals surface area contributed by atoms with Crippen molar-refractivity contribution < 1.29 is 27.9 Å². The fourth-order valence-electron chi connectivity index (χ4n) is 2.40. The van der Waals surface area contributed by atoms with Crippen LogP contribution in [-0.2, 0) is 15.8 Å². The molecule has 120 valence electrons. The summed E-state index contributed by atoms with van der Waals surface area (Å²) in [6, 6.07) is 3.81. The number of rotatable bonds is 4. The number of alkyl halides is 3.